The van der Waals surface area contributed by atoms with E-state index in [-0.39, 0.29) is 0 Å². The van der Waals surface area contributed by atoms with E-state index in [1.807, 2.05) is 11.8 Å². The van der Waals surface area contributed by atoms with E-state index in [9.17, 15) is 0 Å². The minimum atomic E-state index is 0.392. The Morgan fingerprint density at radius 1 is 1.10 bits per heavy atom. The highest BCUT2D eigenvalue weighted by Crippen LogP contribution is 2.18. The lowest BCUT2D eigenvalue weighted by Crippen LogP contribution is -2.21. The molecular formula is C17H29NOS. The van der Waals surface area contributed by atoms with Gasteiger partial charge >= 0.3 is 0 Å². The molecular weight excluding hydrogens is 266 g/mol. The van der Waals surface area contributed by atoms with Crippen LogP contribution in [0, 0.1) is 5.92 Å². The van der Waals surface area contributed by atoms with Crippen LogP contribution in [-0.2, 0) is 0 Å². The predicted molar refractivity (Wildman–Crippen MR) is 90.8 cm³/mol. The van der Waals surface area contributed by atoms with Gasteiger partial charge in [-0.15, -0.1) is 0 Å². The lowest BCUT2D eigenvalue weighted by molar-refractivity contribution is 0.271. The van der Waals surface area contributed by atoms with E-state index in [0.717, 1.165) is 24.2 Å². The van der Waals surface area contributed by atoms with Gasteiger partial charge in [-0.1, -0.05) is 32.9 Å². The van der Waals surface area contributed by atoms with E-state index < -0.39 is 0 Å². The first-order chi connectivity index (χ1) is 9.52. The number of benzene rings is 1. The van der Waals surface area contributed by atoms with Crippen molar-refractivity contribution in [3.05, 3.63) is 29.8 Å². The summed E-state index contributed by atoms with van der Waals surface area (Å²) in [7, 11) is 0. The van der Waals surface area contributed by atoms with Gasteiger partial charge in [0, 0.05) is 11.3 Å². The second-order valence-corrected chi connectivity index (χ2v) is 7.06. The van der Waals surface area contributed by atoms with Crippen molar-refractivity contribution in [1.82, 2.24) is 5.32 Å². The normalized spacial score (nSPS) is 14.3. The van der Waals surface area contributed by atoms with Crippen LogP contribution >= 0.6 is 11.8 Å². The van der Waals surface area contributed by atoms with Gasteiger partial charge in [0.15, 0.2) is 0 Å². The van der Waals surface area contributed by atoms with Crippen LogP contribution in [0.5, 0.6) is 5.75 Å². The maximum Gasteiger partial charge on any atom is 0.119 e. The molecule has 0 radical (unpaired) electrons. The third-order valence-electron chi connectivity index (χ3n) is 3.37. The number of nitrogens with one attached hydrogen (secondary N) is 1. The fourth-order valence-corrected chi connectivity index (χ4v) is 2.21. The van der Waals surface area contributed by atoms with Crippen molar-refractivity contribution in [2.75, 3.05) is 19.4 Å². The van der Waals surface area contributed by atoms with E-state index in [0.29, 0.717) is 12.0 Å². The van der Waals surface area contributed by atoms with Crippen molar-refractivity contribution in [2.45, 2.75) is 45.4 Å². The lowest BCUT2D eigenvalue weighted by Gasteiger charge is -2.16. The Hall–Kier alpha value is -0.670. The minimum absolute atomic E-state index is 0.392. The molecule has 0 heterocycles. The Morgan fingerprint density at radius 2 is 1.75 bits per heavy atom. The molecule has 1 rings (SSSR count). The monoisotopic (exact) mass is 295 g/mol. The van der Waals surface area contributed by atoms with Crippen LogP contribution in [0.3, 0.4) is 0 Å². The minimum Gasteiger partial charge on any atom is -0.493 e. The van der Waals surface area contributed by atoms with Crippen molar-refractivity contribution in [1.29, 1.82) is 0 Å². The molecule has 0 spiro atoms. The van der Waals surface area contributed by atoms with Crippen molar-refractivity contribution in [2.24, 2.45) is 5.92 Å². The van der Waals surface area contributed by atoms with Crippen molar-refractivity contribution in [3.8, 4) is 5.75 Å². The summed E-state index contributed by atoms with van der Waals surface area (Å²) < 4.78 is 5.71. The summed E-state index contributed by atoms with van der Waals surface area (Å²) in [5.74, 6) is 1.53. The maximum absolute atomic E-state index is 5.71. The van der Waals surface area contributed by atoms with Crippen LogP contribution in [0.15, 0.2) is 24.3 Å². The quantitative estimate of drug-likeness (QED) is 0.724. The van der Waals surface area contributed by atoms with Crippen molar-refractivity contribution >= 4 is 11.8 Å². The molecule has 1 aromatic carbocycles. The zero-order valence-electron chi connectivity index (χ0n) is 13.5. The third-order valence-corrected chi connectivity index (χ3v) is 4.41. The van der Waals surface area contributed by atoms with Gasteiger partial charge < -0.3 is 10.1 Å². The van der Waals surface area contributed by atoms with Crippen LogP contribution in [0.25, 0.3) is 0 Å². The summed E-state index contributed by atoms with van der Waals surface area (Å²) in [6.07, 6.45) is 3.38. The van der Waals surface area contributed by atoms with E-state index in [4.69, 9.17) is 4.74 Å². The largest absolute Gasteiger partial charge is 0.493 e. The standard InChI is InChI=1S/C17H29NOS/c1-13(2)12-19-17-8-6-16(7-9-17)15(4)18-11-10-14(3)20-5/h6-9,13-15,18H,10-12H2,1-5H3. The first kappa shape index (κ1) is 17.4. The highest BCUT2D eigenvalue weighted by molar-refractivity contribution is 7.99. The molecule has 0 bridgehead atoms. The van der Waals surface area contributed by atoms with E-state index >= 15 is 0 Å². The molecule has 1 N–H and O–H groups in total. The SMILES string of the molecule is CSC(C)CCNC(C)c1ccc(OCC(C)C)cc1. The molecule has 3 heteroatoms. The molecule has 2 nitrogen and oxygen atoms in total. The summed E-state index contributed by atoms with van der Waals surface area (Å²) in [5, 5.41) is 4.30. The highest BCUT2D eigenvalue weighted by Gasteiger charge is 2.06. The summed E-state index contributed by atoms with van der Waals surface area (Å²) in [6.45, 7) is 10.7. The summed E-state index contributed by atoms with van der Waals surface area (Å²) in [4.78, 5) is 0. The van der Waals surface area contributed by atoms with Crippen LogP contribution in [0.4, 0.5) is 0 Å². The smallest absolute Gasteiger partial charge is 0.119 e. The molecule has 114 valence electrons. The van der Waals surface area contributed by atoms with Gasteiger partial charge in [-0.25, -0.2) is 0 Å². The number of hydrogen-bond acceptors (Lipinski definition) is 3. The molecule has 0 aromatic heterocycles. The van der Waals surface area contributed by atoms with Gasteiger partial charge in [0.1, 0.15) is 5.75 Å². The van der Waals surface area contributed by atoms with Gasteiger partial charge in [0.25, 0.3) is 0 Å². The molecule has 0 saturated heterocycles. The van der Waals surface area contributed by atoms with Gasteiger partial charge in [-0.05, 0) is 49.8 Å². The molecule has 0 fully saturated rings. The molecule has 1 aromatic rings. The molecule has 2 atom stereocenters. The Balaban J connectivity index is 2.38. The topological polar surface area (TPSA) is 21.3 Å². The number of ether oxygens (including phenoxy) is 1. The Kier molecular flexibility index (Phi) is 8.08. The Morgan fingerprint density at radius 3 is 2.30 bits per heavy atom. The first-order valence-electron chi connectivity index (χ1n) is 7.51. The van der Waals surface area contributed by atoms with E-state index in [2.05, 4.69) is 63.5 Å². The first-order valence-corrected chi connectivity index (χ1v) is 8.80. The average molecular weight is 295 g/mol. The molecule has 0 aliphatic rings. The summed E-state index contributed by atoms with van der Waals surface area (Å²) >= 11 is 1.93. The molecule has 0 aliphatic heterocycles. The molecule has 20 heavy (non-hydrogen) atoms. The molecule has 0 aliphatic carbocycles. The second kappa shape index (κ2) is 9.30. The summed E-state index contributed by atoms with van der Waals surface area (Å²) in [5.41, 5.74) is 1.32. The van der Waals surface area contributed by atoms with Crippen LogP contribution in [-0.4, -0.2) is 24.7 Å². The Labute approximate surface area is 128 Å². The van der Waals surface area contributed by atoms with Gasteiger partial charge in [0.05, 0.1) is 6.61 Å². The highest BCUT2D eigenvalue weighted by atomic mass is 32.2. The van der Waals surface area contributed by atoms with Gasteiger partial charge in [-0.3, -0.25) is 0 Å². The summed E-state index contributed by atoms with van der Waals surface area (Å²) in [6, 6.07) is 8.85. The number of thioether (sulfide) groups is 1. The fourth-order valence-electron chi connectivity index (χ4n) is 1.85. The lowest BCUT2D eigenvalue weighted by atomic mass is 10.1. The van der Waals surface area contributed by atoms with E-state index in [1.165, 1.54) is 12.0 Å². The van der Waals surface area contributed by atoms with E-state index in [1.54, 1.807) is 0 Å². The van der Waals surface area contributed by atoms with Crippen molar-refractivity contribution in [3.63, 3.8) is 0 Å². The third kappa shape index (κ3) is 6.67. The van der Waals surface area contributed by atoms with Crippen LogP contribution in [0.2, 0.25) is 0 Å². The zero-order chi connectivity index (χ0) is 15.0. The Bertz CT molecular complexity index is 364. The molecule has 0 saturated carbocycles. The van der Waals surface area contributed by atoms with Crippen LogP contribution < -0.4 is 10.1 Å². The van der Waals surface area contributed by atoms with Crippen molar-refractivity contribution < 1.29 is 4.74 Å². The number of rotatable bonds is 9. The van der Waals surface area contributed by atoms with Crippen LogP contribution in [0.1, 0.15) is 45.7 Å². The molecule has 0 amide bonds. The van der Waals surface area contributed by atoms with Gasteiger partial charge in [-0.2, -0.15) is 11.8 Å². The average Bonchev–Trinajstić information content (AvgIpc) is 2.45. The predicted octanol–water partition coefficient (Wildman–Crippen LogP) is 4.51. The zero-order valence-corrected chi connectivity index (χ0v) is 14.3. The molecule has 2 unspecified atom stereocenters. The fraction of sp³-hybridized carbons (Fsp3) is 0.647. The maximum atomic E-state index is 5.71. The second-order valence-electron chi connectivity index (χ2n) is 5.78. The van der Waals surface area contributed by atoms with Gasteiger partial charge in [0.2, 0.25) is 0 Å². The number of hydrogen-bond donors (Lipinski definition) is 1.